The van der Waals surface area contributed by atoms with Crippen LogP contribution < -0.4 is 0 Å². The van der Waals surface area contributed by atoms with E-state index in [0.717, 1.165) is 6.07 Å². The predicted molar refractivity (Wildman–Crippen MR) is 62.2 cm³/mol. The van der Waals surface area contributed by atoms with Crippen molar-refractivity contribution < 1.29 is 17.6 Å². The minimum atomic E-state index is -4.64. The Labute approximate surface area is 111 Å². The molecule has 0 saturated heterocycles. The Bertz CT molecular complexity index is 626. The second-order valence-electron chi connectivity index (χ2n) is 3.82. The quantitative estimate of drug-likeness (QED) is 0.579. The van der Waals surface area contributed by atoms with Crippen LogP contribution >= 0.6 is 11.6 Å². The molecule has 0 aliphatic rings. The van der Waals surface area contributed by atoms with Crippen LogP contribution in [0.2, 0.25) is 5.28 Å². The first-order valence-corrected chi connectivity index (χ1v) is 5.54. The number of alkyl halides is 3. The molecule has 2 nitrogen and oxygen atoms in total. The summed E-state index contributed by atoms with van der Waals surface area (Å²) in [6.07, 6.45) is -4.64. The molecule has 1 aromatic heterocycles. The highest BCUT2D eigenvalue weighted by atomic mass is 35.5. The highest BCUT2D eigenvalue weighted by molar-refractivity contribution is 6.28. The Morgan fingerprint density at radius 3 is 2.47 bits per heavy atom. The molecule has 2 aromatic rings. The number of halogens is 5. The lowest BCUT2D eigenvalue weighted by atomic mass is 10.0. The third kappa shape index (κ3) is 2.84. The maximum absolute atomic E-state index is 13.4. The molecule has 2 rings (SSSR count). The van der Waals surface area contributed by atoms with E-state index in [0.29, 0.717) is 0 Å². The van der Waals surface area contributed by atoms with Gasteiger partial charge in [0.25, 0.3) is 0 Å². The van der Waals surface area contributed by atoms with Crippen LogP contribution in [0.4, 0.5) is 17.6 Å². The molecule has 0 unspecified atom stereocenters. The number of hydrogen-bond acceptors (Lipinski definition) is 2. The first-order chi connectivity index (χ1) is 8.79. The zero-order chi connectivity index (χ0) is 14.2. The maximum Gasteiger partial charge on any atom is 0.433 e. The van der Waals surface area contributed by atoms with Crippen molar-refractivity contribution in [1.82, 2.24) is 9.97 Å². The molecule has 0 aliphatic carbocycles. The molecule has 0 aliphatic heterocycles. The summed E-state index contributed by atoms with van der Waals surface area (Å²) in [6.45, 7) is 1.45. The van der Waals surface area contributed by atoms with Gasteiger partial charge in [0.05, 0.1) is 5.69 Å². The number of aromatic nitrogens is 2. The van der Waals surface area contributed by atoms with Gasteiger partial charge in [-0.3, -0.25) is 0 Å². The van der Waals surface area contributed by atoms with Crippen LogP contribution in [0.1, 0.15) is 11.3 Å². The van der Waals surface area contributed by atoms with Gasteiger partial charge < -0.3 is 0 Å². The molecule has 0 bridgehead atoms. The van der Waals surface area contributed by atoms with Crippen molar-refractivity contribution in [3.63, 3.8) is 0 Å². The fourth-order valence-corrected chi connectivity index (χ4v) is 1.77. The van der Waals surface area contributed by atoms with Crippen molar-refractivity contribution in [3.8, 4) is 11.3 Å². The summed E-state index contributed by atoms with van der Waals surface area (Å²) in [5, 5.41) is -0.534. The van der Waals surface area contributed by atoms with Gasteiger partial charge >= 0.3 is 6.18 Å². The Kier molecular flexibility index (Phi) is 3.45. The van der Waals surface area contributed by atoms with E-state index in [1.165, 1.54) is 25.1 Å². The Hall–Kier alpha value is -1.69. The maximum atomic E-state index is 13.4. The third-order valence-corrected chi connectivity index (χ3v) is 2.70. The molecule has 0 amide bonds. The van der Waals surface area contributed by atoms with E-state index in [1.807, 2.05) is 0 Å². The van der Waals surface area contributed by atoms with Crippen LogP contribution in [-0.4, -0.2) is 9.97 Å². The number of rotatable bonds is 1. The average molecular weight is 291 g/mol. The smallest absolute Gasteiger partial charge is 0.218 e. The van der Waals surface area contributed by atoms with Crippen molar-refractivity contribution in [1.29, 1.82) is 0 Å². The first-order valence-electron chi connectivity index (χ1n) is 5.16. The summed E-state index contributed by atoms with van der Waals surface area (Å²) in [5.74, 6) is -0.527. The second-order valence-corrected chi connectivity index (χ2v) is 4.16. The summed E-state index contributed by atoms with van der Waals surface area (Å²) in [6, 6.07) is 4.82. The summed E-state index contributed by atoms with van der Waals surface area (Å²) < 4.78 is 51.3. The monoisotopic (exact) mass is 290 g/mol. The lowest BCUT2D eigenvalue weighted by molar-refractivity contribution is -0.141. The Balaban J connectivity index is 2.63. The van der Waals surface area contributed by atoms with Crippen LogP contribution in [0.25, 0.3) is 11.3 Å². The summed E-state index contributed by atoms with van der Waals surface area (Å²) in [5.41, 5.74) is -0.782. The Morgan fingerprint density at radius 2 is 1.84 bits per heavy atom. The molecule has 7 heteroatoms. The fourth-order valence-electron chi connectivity index (χ4n) is 1.59. The molecule has 0 saturated carbocycles. The van der Waals surface area contributed by atoms with Crippen molar-refractivity contribution in [2.75, 3.05) is 0 Å². The van der Waals surface area contributed by atoms with Gasteiger partial charge in [0.2, 0.25) is 5.28 Å². The van der Waals surface area contributed by atoms with Gasteiger partial charge in [-0.15, -0.1) is 0 Å². The van der Waals surface area contributed by atoms with Crippen LogP contribution in [0, 0.1) is 12.7 Å². The van der Waals surface area contributed by atoms with Crippen molar-refractivity contribution in [2.45, 2.75) is 13.1 Å². The topological polar surface area (TPSA) is 25.8 Å². The van der Waals surface area contributed by atoms with E-state index >= 15 is 0 Å². The lowest BCUT2D eigenvalue weighted by Gasteiger charge is -2.10. The first kappa shape index (κ1) is 13.7. The third-order valence-electron chi connectivity index (χ3n) is 2.53. The number of benzene rings is 1. The largest absolute Gasteiger partial charge is 0.433 e. The van der Waals surface area contributed by atoms with Gasteiger partial charge in [-0.05, 0) is 36.2 Å². The van der Waals surface area contributed by atoms with Crippen molar-refractivity contribution in [2.24, 2.45) is 0 Å². The van der Waals surface area contributed by atoms with E-state index in [9.17, 15) is 17.6 Å². The zero-order valence-electron chi connectivity index (χ0n) is 9.59. The second kappa shape index (κ2) is 4.77. The van der Waals surface area contributed by atoms with Crippen molar-refractivity contribution in [3.05, 3.63) is 46.6 Å². The zero-order valence-corrected chi connectivity index (χ0v) is 10.3. The molecule has 0 radical (unpaired) electrons. The summed E-state index contributed by atoms with van der Waals surface area (Å²) in [7, 11) is 0. The predicted octanol–water partition coefficient (Wildman–Crippen LogP) is 4.26. The molecular weight excluding hydrogens is 284 g/mol. The highest BCUT2D eigenvalue weighted by Gasteiger charge is 2.33. The van der Waals surface area contributed by atoms with E-state index in [2.05, 4.69) is 9.97 Å². The highest BCUT2D eigenvalue weighted by Crippen LogP contribution is 2.32. The van der Waals surface area contributed by atoms with Crippen LogP contribution in [0.15, 0.2) is 24.3 Å². The standard InChI is InChI=1S/C12H7ClF4N2/c1-6-7(3-2-4-8(6)14)9-5-10(12(15,16)17)19-11(13)18-9/h2-5H,1H3. The average Bonchev–Trinajstić information content (AvgIpc) is 2.31. The SMILES string of the molecule is Cc1c(F)cccc1-c1cc(C(F)(F)F)nc(Cl)n1. The summed E-state index contributed by atoms with van der Waals surface area (Å²) in [4.78, 5) is 6.83. The number of nitrogens with zero attached hydrogens (tertiary/aromatic N) is 2. The van der Waals surface area contributed by atoms with E-state index < -0.39 is 23.0 Å². The molecule has 0 atom stereocenters. The lowest BCUT2D eigenvalue weighted by Crippen LogP contribution is -2.09. The van der Waals surface area contributed by atoms with Gasteiger partial charge in [0, 0.05) is 5.56 Å². The minimum absolute atomic E-state index is 0.0654. The molecule has 1 aromatic carbocycles. The van der Waals surface area contributed by atoms with E-state index in [4.69, 9.17) is 11.6 Å². The molecular formula is C12H7ClF4N2. The number of hydrogen-bond donors (Lipinski definition) is 0. The molecule has 0 N–H and O–H groups in total. The van der Waals surface area contributed by atoms with E-state index in [-0.39, 0.29) is 16.8 Å². The summed E-state index contributed by atoms with van der Waals surface area (Å²) >= 11 is 5.48. The van der Waals surface area contributed by atoms with Crippen molar-refractivity contribution >= 4 is 11.6 Å². The fraction of sp³-hybridized carbons (Fsp3) is 0.167. The van der Waals surface area contributed by atoms with Crippen LogP contribution in [0.5, 0.6) is 0 Å². The normalized spacial score (nSPS) is 11.7. The molecule has 0 spiro atoms. The van der Waals surface area contributed by atoms with Gasteiger partial charge in [-0.2, -0.15) is 13.2 Å². The van der Waals surface area contributed by atoms with E-state index in [1.54, 1.807) is 0 Å². The molecule has 19 heavy (non-hydrogen) atoms. The van der Waals surface area contributed by atoms with Crippen LogP contribution in [-0.2, 0) is 6.18 Å². The van der Waals surface area contributed by atoms with Gasteiger partial charge in [0.1, 0.15) is 11.5 Å². The molecule has 1 heterocycles. The molecule has 100 valence electrons. The van der Waals surface area contributed by atoms with Gasteiger partial charge in [-0.1, -0.05) is 12.1 Å². The molecule has 0 fully saturated rings. The van der Waals surface area contributed by atoms with Crippen LogP contribution in [0.3, 0.4) is 0 Å². The Morgan fingerprint density at radius 1 is 1.16 bits per heavy atom. The van der Waals surface area contributed by atoms with Gasteiger partial charge in [-0.25, -0.2) is 14.4 Å². The minimum Gasteiger partial charge on any atom is -0.218 e. The van der Waals surface area contributed by atoms with Gasteiger partial charge in [0.15, 0.2) is 0 Å².